The van der Waals surface area contributed by atoms with Crippen molar-refractivity contribution in [2.45, 2.75) is 38.7 Å². The lowest BCUT2D eigenvalue weighted by atomic mass is 9.99. The number of alkyl halides is 8. The first-order chi connectivity index (χ1) is 13.7. The Balaban J connectivity index is 2.54. The molecule has 0 saturated carbocycles. The highest BCUT2D eigenvalue weighted by molar-refractivity contribution is 5.85. The number of rotatable bonds is 7. The molecule has 2 heterocycles. The van der Waals surface area contributed by atoms with Gasteiger partial charge in [0.25, 0.3) is 0 Å². The first kappa shape index (κ1) is 23.3. The Hall–Kier alpha value is -2.93. The normalized spacial score (nSPS) is 12.6. The summed E-state index contributed by atoms with van der Waals surface area (Å²) in [6, 6.07) is 0.568. The van der Waals surface area contributed by atoms with Gasteiger partial charge in [-0.2, -0.15) is 35.1 Å². The summed E-state index contributed by atoms with van der Waals surface area (Å²) in [5.74, 6) is -6.46. The van der Waals surface area contributed by atoms with Crippen molar-refractivity contribution in [3.8, 4) is 11.6 Å². The lowest BCUT2D eigenvalue weighted by Gasteiger charge is -2.23. The quantitative estimate of drug-likeness (QED) is 0.637. The number of aryl methyl sites for hydroxylation is 1. The summed E-state index contributed by atoms with van der Waals surface area (Å²) in [5, 5.41) is 9.01. The SMILES string of the molecule is CCc1nc(C(=O)O)cn1-c1ncc(CC(C(F)(F)F)C(F)(F)F)cc1OC(F)F. The minimum Gasteiger partial charge on any atom is -0.476 e. The van der Waals surface area contributed by atoms with Crippen LogP contribution >= 0.6 is 0 Å². The van der Waals surface area contributed by atoms with Crippen LogP contribution in [-0.2, 0) is 12.8 Å². The minimum atomic E-state index is -5.63. The molecular formula is C16H13F8N3O3. The van der Waals surface area contributed by atoms with Gasteiger partial charge in [-0.3, -0.25) is 4.57 Å². The molecule has 0 unspecified atom stereocenters. The van der Waals surface area contributed by atoms with E-state index in [9.17, 15) is 39.9 Å². The van der Waals surface area contributed by atoms with Gasteiger partial charge >= 0.3 is 24.9 Å². The topological polar surface area (TPSA) is 77.2 Å². The molecule has 0 aliphatic heterocycles. The Bertz CT molecular complexity index is 894. The van der Waals surface area contributed by atoms with Crippen LogP contribution in [0.15, 0.2) is 18.5 Å². The number of imidazole rings is 1. The van der Waals surface area contributed by atoms with Crippen molar-refractivity contribution in [1.82, 2.24) is 14.5 Å². The van der Waals surface area contributed by atoms with Crippen molar-refractivity contribution in [1.29, 1.82) is 0 Å². The Kier molecular flexibility index (Phi) is 6.57. The highest BCUT2D eigenvalue weighted by Gasteiger charge is 2.56. The number of hydrogen-bond donors (Lipinski definition) is 1. The largest absolute Gasteiger partial charge is 0.476 e. The third-order valence-corrected chi connectivity index (χ3v) is 3.88. The second-order valence-electron chi connectivity index (χ2n) is 5.95. The van der Waals surface area contributed by atoms with E-state index < -0.39 is 60.1 Å². The van der Waals surface area contributed by atoms with Crippen LogP contribution in [-0.4, -0.2) is 44.6 Å². The number of carboxylic acids is 1. The second-order valence-corrected chi connectivity index (χ2v) is 5.95. The average Bonchev–Trinajstić information content (AvgIpc) is 3.01. The zero-order valence-corrected chi connectivity index (χ0v) is 14.9. The third-order valence-electron chi connectivity index (χ3n) is 3.88. The number of ether oxygens (including phenoxy) is 1. The van der Waals surface area contributed by atoms with Gasteiger partial charge in [0.05, 0.1) is 0 Å². The lowest BCUT2D eigenvalue weighted by Crippen LogP contribution is -2.38. The zero-order valence-electron chi connectivity index (χ0n) is 14.9. The summed E-state index contributed by atoms with van der Waals surface area (Å²) in [7, 11) is 0. The molecule has 0 aliphatic rings. The van der Waals surface area contributed by atoms with Gasteiger partial charge in [-0.1, -0.05) is 6.92 Å². The van der Waals surface area contributed by atoms with Crippen LogP contribution in [0.2, 0.25) is 0 Å². The molecule has 14 heteroatoms. The predicted octanol–water partition coefficient (Wildman–Crippen LogP) is 4.41. The standard InChI is InChI=1S/C16H13F8N3O3/c1-2-11-26-8(13(28)29)6-27(11)12-9(30-14(17)18)3-7(5-25-12)4-10(15(19,20)21)16(22,23)24/h3,5-6,10,14H,2,4H2,1H3,(H,28,29). The van der Waals surface area contributed by atoms with E-state index in [1.165, 1.54) is 0 Å². The Morgan fingerprint density at radius 2 is 1.80 bits per heavy atom. The fourth-order valence-electron chi connectivity index (χ4n) is 2.56. The van der Waals surface area contributed by atoms with E-state index in [1.807, 2.05) is 0 Å². The number of aromatic carboxylic acids is 1. The van der Waals surface area contributed by atoms with E-state index in [4.69, 9.17) is 5.11 Å². The fraction of sp³-hybridized carbons (Fsp3) is 0.438. The van der Waals surface area contributed by atoms with Gasteiger partial charge < -0.3 is 9.84 Å². The van der Waals surface area contributed by atoms with Gasteiger partial charge in [-0.15, -0.1) is 0 Å². The fourth-order valence-corrected chi connectivity index (χ4v) is 2.56. The van der Waals surface area contributed by atoms with Gasteiger partial charge in [0.2, 0.25) is 0 Å². The number of pyridine rings is 1. The maximum Gasteiger partial charge on any atom is 0.400 e. The van der Waals surface area contributed by atoms with Crippen molar-refractivity contribution in [2.24, 2.45) is 5.92 Å². The number of nitrogens with zero attached hydrogens (tertiary/aromatic N) is 3. The van der Waals surface area contributed by atoms with Crippen LogP contribution in [0.5, 0.6) is 5.75 Å². The summed E-state index contributed by atoms with van der Waals surface area (Å²) in [5.41, 5.74) is -1.14. The van der Waals surface area contributed by atoms with Gasteiger partial charge in [-0.05, 0) is 18.1 Å². The Labute approximate surface area is 163 Å². The Morgan fingerprint density at radius 3 is 2.27 bits per heavy atom. The number of halogens is 8. The molecule has 6 nitrogen and oxygen atoms in total. The molecule has 0 spiro atoms. The van der Waals surface area contributed by atoms with Crippen LogP contribution < -0.4 is 4.74 Å². The van der Waals surface area contributed by atoms with E-state index in [0.717, 1.165) is 10.8 Å². The maximum atomic E-state index is 12.8. The molecule has 0 aliphatic carbocycles. The predicted molar refractivity (Wildman–Crippen MR) is 83.6 cm³/mol. The summed E-state index contributed by atoms with van der Waals surface area (Å²) >= 11 is 0. The van der Waals surface area contributed by atoms with E-state index in [0.29, 0.717) is 12.3 Å². The van der Waals surface area contributed by atoms with Gasteiger partial charge in [0.1, 0.15) is 5.82 Å². The molecule has 0 aromatic carbocycles. The average molecular weight is 447 g/mol. The van der Waals surface area contributed by atoms with E-state index in [2.05, 4.69) is 14.7 Å². The van der Waals surface area contributed by atoms with Crippen molar-refractivity contribution in [3.63, 3.8) is 0 Å². The summed E-state index contributed by atoms with van der Waals surface area (Å²) in [6.45, 7) is -1.93. The van der Waals surface area contributed by atoms with Crippen LogP contribution in [0.3, 0.4) is 0 Å². The van der Waals surface area contributed by atoms with E-state index in [1.54, 1.807) is 6.92 Å². The molecule has 30 heavy (non-hydrogen) atoms. The van der Waals surface area contributed by atoms with Crippen molar-refractivity contribution >= 4 is 5.97 Å². The molecule has 0 atom stereocenters. The van der Waals surface area contributed by atoms with Crippen molar-refractivity contribution in [3.05, 3.63) is 35.5 Å². The molecule has 0 bridgehead atoms. The summed E-state index contributed by atoms with van der Waals surface area (Å²) < 4.78 is 107. The smallest absolute Gasteiger partial charge is 0.400 e. The monoisotopic (exact) mass is 447 g/mol. The zero-order chi connectivity index (χ0) is 22.9. The first-order valence-electron chi connectivity index (χ1n) is 8.13. The van der Waals surface area contributed by atoms with Gasteiger partial charge in [0, 0.05) is 18.8 Å². The van der Waals surface area contributed by atoms with Crippen molar-refractivity contribution < 1.29 is 49.8 Å². The molecule has 0 saturated heterocycles. The molecule has 2 rings (SSSR count). The number of aromatic nitrogens is 3. The van der Waals surface area contributed by atoms with Crippen LogP contribution in [0, 0.1) is 5.92 Å². The highest BCUT2D eigenvalue weighted by Crippen LogP contribution is 2.41. The molecule has 2 aromatic heterocycles. The minimum absolute atomic E-state index is 0.0372. The van der Waals surface area contributed by atoms with Gasteiger partial charge in [-0.25, -0.2) is 14.8 Å². The van der Waals surface area contributed by atoms with Crippen LogP contribution in [0.4, 0.5) is 35.1 Å². The molecule has 0 amide bonds. The molecule has 0 fully saturated rings. The van der Waals surface area contributed by atoms with E-state index >= 15 is 0 Å². The molecular weight excluding hydrogens is 434 g/mol. The third kappa shape index (κ3) is 5.36. The first-order valence-corrected chi connectivity index (χ1v) is 8.13. The highest BCUT2D eigenvalue weighted by atomic mass is 19.4. The van der Waals surface area contributed by atoms with Gasteiger partial charge in [0.15, 0.2) is 23.2 Å². The van der Waals surface area contributed by atoms with E-state index in [-0.39, 0.29) is 12.2 Å². The summed E-state index contributed by atoms with van der Waals surface area (Å²) in [4.78, 5) is 18.5. The Morgan fingerprint density at radius 1 is 1.20 bits per heavy atom. The molecule has 166 valence electrons. The molecule has 2 aromatic rings. The molecule has 0 radical (unpaired) electrons. The van der Waals surface area contributed by atoms with Crippen LogP contribution in [0.1, 0.15) is 28.8 Å². The number of carbonyl (C=O) groups is 1. The molecule has 1 N–H and O–H groups in total. The lowest BCUT2D eigenvalue weighted by molar-refractivity contribution is -0.283. The second kappa shape index (κ2) is 8.44. The van der Waals surface area contributed by atoms with Crippen LogP contribution in [0.25, 0.3) is 5.82 Å². The van der Waals surface area contributed by atoms with Crippen molar-refractivity contribution in [2.75, 3.05) is 0 Å². The number of hydrogen-bond acceptors (Lipinski definition) is 4. The summed E-state index contributed by atoms with van der Waals surface area (Å²) in [6.07, 6.45) is -11.2. The number of carboxylic acid groups (broad SMARTS) is 1. The maximum absolute atomic E-state index is 12.8.